The lowest BCUT2D eigenvalue weighted by Gasteiger charge is -2.17. The van der Waals surface area contributed by atoms with Crippen molar-refractivity contribution in [2.45, 2.75) is 25.9 Å². The molecule has 1 aromatic carbocycles. The number of allylic oxidation sites excluding steroid dienone is 1. The topological polar surface area (TPSA) is 64.3 Å². The molecular formula is C13H18N2O2. The summed E-state index contributed by atoms with van der Waals surface area (Å²) in [5.74, 6) is 5.48. The molecule has 3 N–H and O–H groups in total. The molecule has 1 amide bonds. The standard InChI is InChI=1S/C13H18N2O2/c1-3-7-10-8-5-6-9-12(10)17-11(4-2)13(16)15-14/h3,5-6,8-9,11H,1,4,7,14H2,2H3,(H,15,16). The summed E-state index contributed by atoms with van der Waals surface area (Å²) < 4.78 is 5.66. The molecule has 0 aliphatic rings. The second kappa shape index (κ2) is 6.70. The number of ether oxygens (including phenoxy) is 1. The van der Waals surface area contributed by atoms with Crippen LogP contribution in [0.1, 0.15) is 18.9 Å². The van der Waals surface area contributed by atoms with Gasteiger partial charge in [0.15, 0.2) is 6.10 Å². The first-order chi connectivity index (χ1) is 8.22. The van der Waals surface area contributed by atoms with Gasteiger partial charge in [-0.1, -0.05) is 31.2 Å². The second-order valence-electron chi connectivity index (χ2n) is 3.62. The molecule has 0 saturated heterocycles. The average Bonchev–Trinajstić information content (AvgIpc) is 2.37. The minimum atomic E-state index is -0.564. The van der Waals surface area contributed by atoms with E-state index in [2.05, 4.69) is 12.0 Å². The molecule has 4 heteroatoms. The number of hydrogen-bond acceptors (Lipinski definition) is 3. The highest BCUT2D eigenvalue weighted by Gasteiger charge is 2.17. The molecule has 0 radical (unpaired) electrons. The maximum absolute atomic E-state index is 11.4. The van der Waals surface area contributed by atoms with Gasteiger partial charge in [-0.2, -0.15) is 0 Å². The molecule has 4 nitrogen and oxygen atoms in total. The smallest absolute Gasteiger partial charge is 0.274 e. The Morgan fingerprint density at radius 3 is 2.88 bits per heavy atom. The summed E-state index contributed by atoms with van der Waals surface area (Å²) in [7, 11) is 0. The van der Waals surface area contributed by atoms with Crippen molar-refractivity contribution in [3.05, 3.63) is 42.5 Å². The van der Waals surface area contributed by atoms with Crippen LogP contribution in [0, 0.1) is 0 Å². The van der Waals surface area contributed by atoms with Crippen molar-refractivity contribution in [2.24, 2.45) is 5.84 Å². The predicted molar refractivity (Wildman–Crippen MR) is 67.4 cm³/mol. The summed E-state index contributed by atoms with van der Waals surface area (Å²) in [6.45, 7) is 5.56. The largest absolute Gasteiger partial charge is 0.480 e. The number of nitrogens with one attached hydrogen (secondary N) is 1. The van der Waals surface area contributed by atoms with Crippen LogP contribution in [0.4, 0.5) is 0 Å². The number of hydrogen-bond donors (Lipinski definition) is 2. The van der Waals surface area contributed by atoms with Crippen molar-refractivity contribution >= 4 is 5.91 Å². The van der Waals surface area contributed by atoms with Crippen LogP contribution in [0.2, 0.25) is 0 Å². The number of nitrogens with two attached hydrogens (primary N) is 1. The minimum Gasteiger partial charge on any atom is -0.480 e. The first-order valence-electron chi connectivity index (χ1n) is 5.58. The number of amides is 1. The summed E-state index contributed by atoms with van der Waals surface area (Å²) in [4.78, 5) is 11.4. The van der Waals surface area contributed by atoms with E-state index < -0.39 is 6.10 Å². The molecule has 0 bridgehead atoms. The molecule has 0 aromatic heterocycles. The van der Waals surface area contributed by atoms with Crippen molar-refractivity contribution in [1.82, 2.24) is 5.43 Å². The van der Waals surface area contributed by atoms with E-state index >= 15 is 0 Å². The molecule has 17 heavy (non-hydrogen) atoms. The maximum Gasteiger partial charge on any atom is 0.274 e. The van der Waals surface area contributed by atoms with Crippen molar-refractivity contribution in [3.8, 4) is 5.75 Å². The van der Waals surface area contributed by atoms with Crippen LogP contribution in [0.25, 0.3) is 0 Å². The number of carbonyl (C=O) groups excluding carboxylic acids is 1. The molecule has 0 spiro atoms. The van der Waals surface area contributed by atoms with Gasteiger partial charge in [0.25, 0.3) is 5.91 Å². The van der Waals surface area contributed by atoms with Gasteiger partial charge in [-0.3, -0.25) is 10.2 Å². The van der Waals surface area contributed by atoms with E-state index in [1.54, 1.807) is 6.08 Å². The quantitative estimate of drug-likeness (QED) is 0.340. The SMILES string of the molecule is C=CCc1ccccc1OC(CC)C(=O)NN. The van der Waals surface area contributed by atoms with Crippen LogP contribution in [0.5, 0.6) is 5.75 Å². The number of carbonyl (C=O) groups is 1. The summed E-state index contributed by atoms with van der Waals surface area (Å²) in [6.07, 6.45) is 2.50. The molecule has 0 fully saturated rings. The van der Waals surface area contributed by atoms with E-state index in [1.807, 2.05) is 31.2 Å². The first kappa shape index (κ1) is 13.3. The zero-order chi connectivity index (χ0) is 12.7. The maximum atomic E-state index is 11.4. The lowest BCUT2D eigenvalue weighted by atomic mass is 10.1. The molecule has 1 atom stereocenters. The third-order valence-electron chi connectivity index (χ3n) is 2.41. The van der Waals surface area contributed by atoms with Gasteiger partial charge in [-0.25, -0.2) is 5.84 Å². The van der Waals surface area contributed by atoms with Gasteiger partial charge in [0.2, 0.25) is 0 Å². The highest BCUT2D eigenvalue weighted by Crippen LogP contribution is 2.20. The predicted octanol–water partition coefficient (Wildman–Crippen LogP) is 1.56. The van der Waals surface area contributed by atoms with Gasteiger partial charge < -0.3 is 4.74 Å². The van der Waals surface area contributed by atoms with Gasteiger partial charge in [0, 0.05) is 0 Å². The van der Waals surface area contributed by atoms with Crippen LogP contribution in [0.3, 0.4) is 0 Å². The molecule has 0 aliphatic carbocycles. The molecule has 0 saturated carbocycles. The molecule has 1 unspecified atom stereocenters. The Labute approximate surface area is 101 Å². The normalized spacial score (nSPS) is 11.6. The Morgan fingerprint density at radius 1 is 1.59 bits per heavy atom. The fraction of sp³-hybridized carbons (Fsp3) is 0.308. The molecule has 92 valence electrons. The Kier molecular flexibility index (Phi) is 5.23. The third-order valence-corrected chi connectivity index (χ3v) is 2.41. The highest BCUT2D eigenvalue weighted by atomic mass is 16.5. The van der Waals surface area contributed by atoms with Crippen LogP contribution < -0.4 is 16.0 Å². The van der Waals surface area contributed by atoms with E-state index in [0.717, 1.165) is 5.56 Å². The summed E-state index contributed by atoms with van der Waals surface area (Å²) in [6, 6.07) is 7.58. The van der Waals surface area contributed by atoms with Crippen LogP contribution in [-0.4, -0.2) is 12.0 Å². The second-order valence-corrected chi connectivity index (χ2v) is 3.62. The van der Waals surface area contributed by atoms with Crippen molar-refractivity contribution < 1.29 is 9.53 Å². The molecule has 1 rings (SSSR count). The molecule has 0 aliphatic heterocycles. The third kappa shape index (κ3) is 3.60. The Balaban J connectivity index is 2.85. The molecule has 1 aromatic rings. The first-order valence-corrected chi connectivity index (χ1v) is 5.58. The van der Waals surface area contributed by atoms with E-state index in [4.69, 9.17) is 10.6 Å². The number of para-hydroxylation sites is 1. The van der Waals surface area contributed by atoms with E-state index in [0.29, 0.717) is 18.6 Å². The average molecular weight is 234 g/mol. The van der Waals surface area contributed by atoms with Crippen molar-refractivity contribution in [3.63, 3.8) is 0 Å². The Bertz CT molecular complexity index is 391. The van der Waals surface area contributed by atoms with Crippen LogP contribution in [0.15, 0.2) is 36.9 Å². The fourth-order valence-corrected chi connectivity index (χ4v) is 1.51. The Hall–Kier alpha value is -1.81. The van der Waals surface area contributed by atoms with Crippen molar-refractivity contribution in [2.75, 3.05) is 0 Å². The number of benzene rings is 1. The van der Waals surface area contributed by atoms with Crippen LogP contribution in [-0.2, 0) is 11.2 Å². The zero-order valence-corrected chi connectivity index (χ0v) is 9.98. The summed E-state index contributed by atoms with van der Waals surface area (Å²) in [5, 5.41) is 0. The highest BCUT2D eigenvalue weighted by molar-refractivity contribution is 5.80. The van der Waals surface area contributed by atoms with E-state index in [-0.39, 0.29) is 5.91 Å². The lowest BCUT2D eigenvalue weighted by molar-refractivity contribution is -0.128. The van der Waals surface area contributed by atoms with Crippen molar-refractivity contribution in [1.29, 1.82) is 0 Å². The number of rotatable bonds is 6. The van der Waals surface area contributed by atoms with Gasteiger partial charge >= 0.3 is 0 Å². The van der Waals surface area contributed by atoms with E-state index in [1.165, 1.54) is 0 Å². The molecular weight excluding hydrogens is 216 g/mol. The number of hydrazine groups is 1. The van der Waals surface area contributed by atoms with Gasteiger partial charge in [-0.05, 0) is 24.5 Å². The summed E-state index contributed by atoms with van der Waals surface area (Å²) >= 11 is 0. The van der Waals surface area contributed by atoms with Gasteiger partial charge in [0.05, 0.1) is 0 Å². The molecule has 0 heterocycles. The lowest BCUT2D eigenvalue weighted by Crippen LogP contribution is -2.41. The zero-order valence-electron chi connectivity index (χ0n) is 9.98. The van der Waals surface area contributed by atoms with Gasteiger partial charge in [0.1, 0.15) is 5.75 Å². The fourth-order valence-electron chi connectivity index (χ4n) is 1.51. The van der Waals surface area contributed by atoms with E-state index in [9.17, 15) is 4.79 Å². The Morgan fingerprint density at radius 2 is 2.29 bits per heavy atom. The monoisotopic (exact) mass is 234 g/mol. The van der Waals surface area contributed by atoms with Gasteiger partial charge in [-0.15, -0.1) is 6.58 Å². The minimum absolute atomic E-state index is 0.319. The summed E-state index contributed by atoms with van der Waals surface area (Å²) in [5.41, 5.74) is 3.11. The van der Waals surface area contributed by atoms with Crippen LogP contribution >= 0.6 is 0 Å².